The van der Waals surface area contributed by atoms with Crippen LogP contribution in [-0.2, 0) is 9.59 Å². The summed E-state index contributed by atoms with van der Waals surface area (Å²) in [4.78, 5) is 26.0. The maximum atomic E-state index is 12.3. The lowest BCUT2D eigenvalue weighted by Gasteiger charge is -2.34. The average Bonchev–Trinajstić information content (AvgIpc) is 3.33. The van der Waals surface area contributed by atoms with E-state index in [9.17, 15) is 9.59 Å². The lowest BCUT2D eigenvalue weighted by atomic mass is 10.0. The zero-order chi connectivity index (χ0) is 14.7. The van der Waals surface area contributed by atoms with E-state index in [0.717, 1.165) is 56.8 Å². The summed E-state index contributed by atoms with van der Waals surface area (Å²) in [6.45, 7) is 2.58. The maximum absolute atomic E-state index is 12.3. The van der Waals surface area contributed by atoms with Crippen molar-refractivity contribution >= 4 is 36.0 Å². The molecule has 3 fully saturated rings. The molecule has 126 valence electrons. The average molecular weight is 348 g/mol. The van der Waals surface area contributed by atoms with Crippen LogP contribution in [-0.4, -0.2) is 59.9 Å². The molecular formula is C15H26ClN3O2S. The molecular weight excluding hydrogens is 322 g/mol. The van der Waals surface area contributed by atoms with Crippen molar-refractivity contribution in [3.05, 3.63) is 0 Å². The highest BCUT2D eigenvalue weighted by Gasteiger charge is 2.32. The van der Waals surface area contributed by atoms with Gasteiger partial charge in [0, 0.05) is 55.6 Å². The topological polar surface area (TPSA) is 61.4 Å². The van der Waals surface area contributed by atoms with Crippen molar-refractivity contribution in [2.24, 2.45) is 5.92 Å². The van der Waals surface area contributed by atoms with Crippen molar-refractivity contribution < 1.29 is 9.59 Å². The third-order valence-electron chi connectivity index (χ3n) is 4.56. The van der Waals surface area contributed by atoms with Gasteiger partial charge in [0.05, 0.1) is 0 Å². The first kappa shape index (κ1) is 17.9. The van der Waals surface area contributed by atoms with Gasteiger partial charge in [-0.15, -0.1) is 12.4 Å². The van der Waals surface area contributed by atoms with Crippen LogP contribution < -0.4 is 10.6 Å². The predicted octanol–water partition coefficient (Wildman–Crippen LogP) is 1.02. The second-order valence-electron chi connectivity index (χ2n) is 6.37. The van der Waals surface area contributed by atoms with Crippen LogP contribution in [0.15, 0.2) is 0 Å². The summed E-state index contributed by atoms with van der Waals surface area (Å²) in [5.74, 6) is 2.96. The summed E-state index contributed by atoms with van der Waals surface area (Å²) in [7, 11) is 0. The molecule has 1 unspecified atom stereocenters. The molecule has 7 heteroatoms. The summed E-state index contributed by atoms with van der Waals surface area (Å²) in [6, 6.07) is 0.606. The van der Waals surface area contributed by atoms with Crippen LogP contribution in [0.3, 0.4) is 0 Å². The van der Waals surface area contributed by atoms with Gasteiger partial charge < -0.3 is 15.5 Å². The van der Waals surface area contributed by atoms with Crippen LogP contribution in [0.4, 0.5) is 0 Å². The normalized spacial score (nSPS) is 26.2. The monoisotopic (exact) mass is 347 g/mol. The molecule has 0 radical (unpaired) electrons. The van der Waals surface area contributed by atoms with Crippen molar-refractivity contribution in [1.82, 2.24) is 15.5 Å². The number of hydrogen-bond acceptors (Lipinski definition) is 4. The van der Waals surface area contributed by atoms with Gasteiger partial charge >= 0.3 is 0 Å². The Morgan fingerprint density at radius 3 is 2.50 bits per heavy atom. The number of carbonyl (C=O) groups is 2. The van der Waals surface area contributed by atoms with Gasteiger partial charge in [-0.05, 0) is 25.7 Å². The third kappa shape index (κ3) is 5.03. The van der Waals surface area contributed by atoms with E-state index in [2.05, 4.69) is 10.6 Å². The van der Waals surface area contributed by atoms with Gasteiger partial charge in [0.1, 0.15) is 0 Å². The second-order valence-corrected chi connectivity index (χ2v) is 7.52. The van der Waals surface area contributed by atoms with Crippen LogP contribution in [0.25, 0.3) is 0 Å². The lowest BCUT2D eigenvalue weighted by Crippen LogP contribution is -2.48. The largest absolute Gasteiger partial charge is 0.353 e. The Morgan fingerprint density at radius 1 is 1.18 bits per heavy atom. The van der Waals surface area contributed by atoms with Gasteiger partial charge in [-0.2, -0.15) is 11.8 Å². The number of amides is 2. The highest BCUT2D eigenvalue weighted by molar-refractivity contribution is 7.99. The summed E-state index contributed by atoms with van der Waals surface area (Å²) < 4.78 is 0. The van der Waals surface area contributed by atoms with Gasteiger partial charge in [0.15, 0.2) is 0 Å². The Balaban J connectivity index is 0.00000176. The Hall–Kier alpha value is -0.460. The van der Waals surface area contributed by atoms with Crippen molar-refractivity contribution in [2.45, 2.75) is 44.2 Å². The fourth-order valence-corrected chi connectivity index (χ4v) is 3.98. The van der Waals surface area contributed by atoms with Crippen LogP contribution in [0.1, 0.15) is 32.1 Å². The Bertz CT molecular complexity index is 392. The minimum Gasteiger partial charge on any atom is -0.353 e. The van der Waals surface area contributed by atoms with Crippen LogP contribution in [0, 0.1) is 5.92 Å². The van der Waals surface area contributed by atoms with Gasteiger partial charge in [-0.3, -0.25) is 9.59 Å². The molecule has 3 aliphatic rings. The van der Waals surface area contributed by atoms with Crippen LogP contribution in [0.2, 0.25) is 0 Å². The van der Waals surface area contributed by atoms with E-state index in [0.29, 0.717) is 12.5 Å². The SMILES string of the molecule is Cl.O=C(NC1CCN(C(=O)CC2CSCCN2)CC1)C1CC1. The highest BCUT2D eigenvalue weighted by atomic mass is 35.5. The Kier molecular flexibility index (Phi) is 6.84. The number of rotatable bonds is 4. The van der Waals surface area contributed by atoms with E-state index in [1.807, 2.05) is 16.7 Å². The summed E-state index contributed by atoms with van der Waals surface area (Å²) in [5.41, 5.74) is 0. The molecule has 2 aliphatic heterocycles. The van der Waals surface area contributed by atoms with Crippen LogP contribution in [0.5, 0.6) is 0 Å². The minimum absolute atomic E-state index is 0. The molecule has 0 aromatic rings. The van der Waals surface area contributed by atoms with E-state index in [1.54, 1.807) is 0 Å². The van der Waals surface area contributed by atoms with Gasteiger partial charge in [-0.25, -0.2) is 0 Å². The number of carbonyl (C=O) groups excluding carboxylic acids is 2. The molecule has 5 nitrogen and oxygen atoms in total. The predicted molar refractivity (Wildman–Crippen MR) is 91.4 cm³/mol. The third-order valence-corrected chi connectivity index (χ3v) is 5.69. The molecule has 0 bridgehead atoms. The zero-order valence-electron chi connectivity index (χ0n) is 12.9. The van der Waals surface area contributed by atoms with Crippen LogP contribution >= 0.6 is 24.2 Å². The van der Waals surface area contributed by atoms with Crippen molar-refractivity contribution in [3.8, 4) is 0 Å². The van der Waals surface area contributed by atoms with Gasteiger partial charge in [0.2, 0.25) is 11.8 Å². The molecule has 1 atom stereocenters. The number of likely N-dealkylation sites (tertiary alicyclic amines) is 1. The molecule has 2 heterocycles. The highest BCUT2D eigenvalue weighted by Crippen LogP contribution is 2.29. The molecule has 0 aromatic heterocycles. The van der Waals surface area contributed by atoms with E-state index in [-0.39, 0.29) is 36.2 Å². The molecule has 2 amide bonds. The molecule has 0 aromatic carbocycles. The van der Waals surface area contributed by atoms with Crippen molar-refractivity contribution in [1.29, 1.82) is 0 Å². The number of nitrogens with one attached hydrogen (secondary N) is 2. The maximum Gasteiger partial charge on any atom is 0.224 e. The lowest BCUT2D eigenvalue weighted by molar-refractivity contribution is -0.132. The first-order chi connectivity index (χ1) is 10.2. The molecule has 1 saturated carbocycles. The number of thioether (sulfide) groups is 1. The number of piperidine rings is 1. The molecule has 2 saturated heterocycles. The summed E-state index contributed by atoms with van der Waals surface area (Å²) in [6.07, 6.45) is 4.52. The first-order valence-corrected chi connectivity index (χ1v) is 9.27. The molecule has 22 heavy (non-hydrogen) atoms. The minimum atomic E-state index is 0. The van der Waals surface area contributed by atoms with Crippen molar-refractivity contribution in [2.75, 3.05) is 31.1 Å². The number of nitrogens with zero attached hydrogens (tertiary/aromatic N) is 1. The molecule has 1 aliphatic carbocycles. The molecule has 2 N–H and O–H groups in total. The van der Waals surface area contributed by atoms with E-state index < -0.39 is 0 Å². The number of halogens is 1. The Labute approximate surface area is 142 Å². The van der Waals surface area contributed by atoms with E-state index in [1.165, 1.54) is 0 Å². The van der Waals surface area contributed by atoms with Gasteiger partial charge in [-0.1, -0.05) is 0 Å². The quantitative estimate of drug-likeness (QED) is 0.797. The fourth-order valence-electron chi connectivity index (χ4n) is 3.03. The smallest absolute Gasteiger partial charge is 0.224 e. The summed E-state index contributed by atoms with van der Waals surface area (Å²) >= 11 is 1.93. The molecule has 3 rings (SSSR count). The van der Waals surface area contributed by atoms with E-state index in [4.69, 9.17) is 0 Å². The zero-order valence-corrected chi connectivity index (χ0v) is 14.5. The van der Waals surface area contributed by atoms with Crippen molar-refractivity contribution in [3.63, 3.8) is 0 Å². The second kappa shape index (κ2) is 8.41. The van der Waals surface area contributed by atoms with E-state index >= 15 is 0 Å². The Morgan fingerprint density at radius 2 is 1.91 bits per heavy atom. The first-order valence-electron chi connectivity index (χ1n) is 8.11. The standard InChI is InChI=1S/C15H25N3O2S.ClH/c19-14(9-13-10-21-8-5-16-13)18-6-3-12(4-7-18)17-15(20)11-1-2-11;/h11-13,16H,1-10H2,(H,17,20);1H. The van der Waals surface area contributed by atoms with Gasteiger partial charge in [0.25, 0.3) is 0 Å². The fraction of sp³-hybridized carbons (Fsp3) is 0.867. The number of hydrogen-bond donors (Lipinski definition) is 2. The molecule has 0 spiro atoms. The summed E-state index contributed by atoms with van der Waals surface area (Å²) in [5, 5.41) is 6.55.